The van der Waals surface area contributed by atoms with Crippen molar-refractivity contribution < 1.29 is 40.9 Å². The Balaban J connectivity index is 1.49. The average Bonchev–Trinajstić information content (AvgIpc) is 2.88. The van der Waals surface area contributed by atoms with E-state index >= 15 is 0 Å². The Morgan fingerprint density at radius 2 is 1.49 bits per heavy atom. The lowest BCUT2D eigenvalue weighted by Crippen LogP contribution is -2.37. The van der Waals surface area contributed by atoms with Crippen LogP contribution in [0.25, 0.3) is 22.3 Å². The van der Waals surface area contributed by atoms with Gasteiger partial charge in [-0.1, -0.05) is 50.6 Å². The Kier molecular flexibility index (Phi) is 8.46. The number of unbranched alkanes of at least 4 members (excludes halogenated alkanes) is 1. The van der Waals surface area contributed by atoms with Gasteiger partial charge in [-0.3, -0.25) is 4.74 Å². The molecule has 0 atom stereocenters. The van der Waals surface area contributed by atoms with Gasteiger partial charge in [0.25, 0.3) is 6.48 Å². The molecule has 0 amide bonds. The van der Waals surface area contributed by atoms with Crippen molar-refractivity contribution in [1.29, 1.82) is 0 Å². The molecule has 1 fully saturated rings. The van der Waals surface area contributed by atoms with E-state index in [-0.39, 0.29) is 42.6 Å². The van der Waals surface area contributed by atoms with Crippen molar-refractivity contribution in [3.63, 3.8) is 0 Å². The summed E-state index contributed by atoms with van der Waals surface area (Å²) in [6.45, 7) is 2.94. The van der Waals surface area contributed by atoms with Gasteiger partial charge in [-0.25, -0.2) is 8.78 Å². The zero-order valence-corrected chi connectivity index (χ0v) is 20.4. The Morgan fingerprint density at radius 1 is 0.865 bits per heavy atom. The number of ether oxygens (including phenoxy) is 4. The van der Waals surface area contributed by atoms with E-state index in [0.29, 0.717) is 17.2 Å². The second-order valence-electron chi connectivity index (χ2n) is 8.91. The van der Waals surface area contributed by atoms with E-state index in [1.165, 1.54) is 42.5 Å². The molecule has 0 saturated carbocycles. The molecule has 4 nitrogen and oxygen atoms in total. The largest absolute Gasteiger partial charge is 0.490 e. The SMILES string of the molecule is CCCCOc1ccc(-c2ccc(-c3ccc(C(F)(F)OC4OCC(C)CO4)cc3F)cc2)c(F)c1F. The lowest BCUT2D eigenvalue weighted by atomic mass is 9.98. The number of alkyl halides is 2. The van der Waals surface area contributed by atoms with Crippen molar-refractivity contribution >= 4 is 0 Å². The van der Waals surface area contributed by atoms with Gasteiger partial charge in [-0.15, -0.1) is 0 Å². The van der Waals surface area contributed by atoms with Gasteiger partial charge < -0.3 is 14.2 Å². The summed E-state index contributed by atoms with van der Waals surface area (Å²) >= 11 is 0. The molecule has 0 bridgehead atoms. The number of hydrogen-bond acceptors (Lipinski definition) is 4. The van der Waals surface area contributed by atoms with Crippen LogP contribution in [0.15, 0.2) is 54.6 Å². The Hall–Kier alpha value is -3.01. The molecule has 0 radical (unpaired) electrons. The molecule has 1 heterocycles. The van der Waals surface area contributed by atoms with E-state index < -0.39 is 35.6 Å². The first-order chi connectivity index (χ1) is 17.7. The number of benzene rings is 3. The highest BCUT2D eigenvalue weighted by molar-refractivity contribution is 5.71. The van der Waals surface area contributed by atoms with Gasteiger partial charge in [0.2, 0.25) is 5.82 Å². The highest BCUT2D eigenvalue weighted by Gasteiger charge is 2.39. The molecule has 9 heteroatoms. The zero-order chi connectivity index (χ0) is 26.6. The molecule has 3 aromatic rings. The maximum absolute atomic E-state index is 14.8. The van der Waals surface area contributed by atoms with Gasteiger partial charge in [-0.05, 0) is 41.8 Å². The normalized spacial score (nSPS) is 18.1. The summed E-state index contributed by atoms with van der Waals surface area (Å²) < 4.78 is 93.1. The molecule has 1 aliphatic heterocycles. The number of rotatable bonds is 9. The molecule has 3 aromatic carbocycles. The van der Waals surface area contributed by atoms with Crippen molar-refractivity contribution in [2.24, 2.45) is 5.92 Å². The van der Waals surface area contributed by atoms with Gasteiger partial charge in [0.05, 0.1) is 25.4 Å². The summed E-state index contributed by atoms with van der Waals surface area (Å²) in [5.41, 5.74) is 0.0943. The fourth-order valence-electron chi connectivity index (χ4n) is 3.79. The molecule has 0 aliphatic carbocycles. The third-order valence-electron chi connectivity index (χ3n) is 5.89. The molecular weight excluding hydrogens is 495 g/mol. The van der Waals surface area contributed by atoms with E-state index in [1.54, 1.807) is 0 Å². The third-order valence-corrected chi connectivity index (χ3v) is 5.89. The minimum atomic E-state index is -3.84. The lowest BCUT2D eigenvalue weighted by molar-refractivity contribution is -0.411. The molecule has 0 aromatic heterocycles. The topological polar surface area (TPSA) is 36.9 Å². The molecule has 0 unspecified atom stereocenters. The Morgan fingerprint density at radius 3 is 2.11 bits per heavy atom. The van der Waals surface area contributed by atoms with Crippen LogP contribution in [-0.2, 0) is 20.3 Å². The quantitative estimate of drug-likeness (QED) is 0.214. The minimum absolute atomic E-state index is 0.0149. The van der Waals surface area contributed by atoms with Crippen LogP contribution < -0.4 is 4.74 Å². The van der Waals surface area contributed by atoms with Crippen molar-refractivity contribution in [3.05, 3.63) is 77.6 Å². The molecule has 198 valence electrons. The van der Waals surface area contributed by atoms with Gasteiger partial charge in [0.1, 0.15) is 5.82 Å². The van der Waals surface area contributed by atoms with Crippen LogP contribution in [0.1, 0.15) is 32.3 Å². The maximum Gasteiger partial charge on any atom is 0.387 e. The highest BCUT2D eigenvalue weighted by atomic mass is 19.3. The van der Waals surface area contributed by atoms with Crippen LogP contribution >= 0.6 is 0 Å². The van der Waals surface area contributed by atoms with Crippen LogP contribution in [0.5, 0.6) is 5.75 Å². The monoisotopic (exact) mass is 522 g/mol. The summed E-state index contributed by atoms with van der Waals surface area (Å²) in [4.78, 5) is 0. The highest BCUT2D eigenvalue weighted by Crippen LogP contribution is 2.36. The van der Waals surface area contributed by atoms with Crippen LogP contribution in [0.3, 0.4) is 0 Å². The Labute approximate surface area is 211 Å². The first kappa shape index (κ1) is 27.0. The van der Waals surface area contributed by atoms with Crippen LogP contribution in [0.4, 0.5) is 22.0 Å². The summed E-state index contributed by atoms with van der Waals surface area (Å²) in [5.74, 6) is -3.15. The van der Waals surface area contributed by atoms with Crippen molar-refractivity contribution in [2.75, 3.05) is 19.8 Å². The van der Waals surface area contributed by atoms with Gasteiger partial charge in [-0.2, -0.15) is 13.2 Å². The molecule has 0 spiro atoms. The molecule has 4 rings (SSSR count). The van der Waals surface area contributed by atoms with Gasteiger partial charge in [0.15, 0.2) is 11.6 Å². The Bertz CT molecular complexity index is 1210. The summed E-state index contributed by atoms with van der Waals surface area (Å²) in [6, 6.07) is 11.7. The zero-order valence-electron chi connectivity index (χ0n) is 20.4. The standard InChI is InChI=1S/C28H27F5O4/c1-3-4-13-34-24-12-11-22(25(30)26(24)31)19-7-5-18(6-8-19)21-10-9-20(14-23(21)29)28(32,33)37-27-35-15-17(2)16-36-27/h5-12,14,17,27H,3-4,13,15-16H2,1-2H3. The van der Waals surface area contributed by atoms with Gasteiger partial charge >= 0.3 is 6.11 Å². The first-order valence-corrected chi connectivity index (χ1v) is 12.0. The van der Waals surface area contributed by atoms with Crippen molar-refractivity contribution in [2.45, 2.75) is 39.3 Å². The third kappa shape index (κ3) is 6.29. The molecule has 0 N–H and O–H groups in total. The summed E-state index contributed by atoms with van der Waals surface area (Å²) in [7, 11) is 0. The fourth-order valence-corrected chi connectivity index (χ4v) is 3.79. The van der Waals surface area contributed by atoms with E-state index in [0.717, 1.165) is 18.9 Å². The number of hydrogen-bond donors (Lipinski definition) is 0. The van der Waals surface area contributed by atoms with Crippen LogP contribution in [0, 0.1) is 23.4 Å². The predicted octanol–water partition coefficient (Wildman–Crippen LogP) is 7.65. The summed E-state index contributed by atoms with van der Waals surface area (Å²) in [5, 5.41) is 0. The summed E-state index contributed by atoms with van der Waals surface area (Å²) in [6.07, 6.45) is -2.27. The van der Waals surface area contributed by atoms with E-state index in [2.05, 4.69) is 4.74 Å². The smallest absolute Gasteiger partial charge is 0.387 e. The first-order valence-electron chi connectivity index (χ1n) is 12.0. The van der Waals surface area contributed by atoms with Crippen LogP contribution in [-0.4, -0.2) is 26.3 Å². The number of halogens is 5. The molecular formula is C28H27F5O4. The van der Waals surface area contributed by atoms with Crippen LogP contribution in [0.2, 0.25) is 0 Å². The van der Waals surface area contributed by atoms with Crippen molar-refractivity contribution in [1.82, 2.24) is 0 Å². The van der Waals surface area contributed by atoms with Crippen molar-refractivity contribution in [3.8, 4) is 28.0 Å². The molecule has 1 aliphatic rings. The molecule has 1 saturated heterocycles. The minimum Gasteiger partial charge on any atom is -0.490 e. The van der Waals surface area contributed by atoms with Gasteiger partial charge in [0, 0.05) is 17.0 Å². The average molecular weight is 523 g/mol. The fraction of sp³-hybridized carbons (Fsp3) is 0.357. The van der Waals surface area contributed by atoms with E-state index in [4.69, 9.17) is 14.2 Å². The maximum atomic E-state index is 14.8. The van der Waals surface area contributed by atoms with E-state index in [1.807, 2.05) is 13.8 Å². The second kappa shape index (κ2) is 11.6. The molecule has 37 heavy (non-hydrogen) atoms. The van der Waals surface area contributed by atoms with E-state index in [9.17, 15) is 22.0 Å². The lowest BCUT2D eigenvalue weighted by Gasteiger charge is -2.29. The predicted molar refractivity (Wildman–Crippen MR) is 127 cm³/mol. The second-order valence-corrected chi connectivity index (χ2v) is 8.91.